The Morgan fingerprint density at radius 3 is 2.50 bits per heavy atom. The van der Waals surface area contributed by atoms with E-state index in [4.69, 9.17) is 0 Å². The molecule has 0 aromatic heterocycles. The molecule has 80 valence electrons. The van der Waals surface area contributed by atoms with Crippen LogP contribution < -0.4 is 0 Å². The molecule has 0 unspecified atom stereocenters. The second-order valence-corrected chi connectivity index (χ2v) is 4.05. The molecule has 0 saturated carbocycles. The zero-order valence-corrected chi connectivity index (χ0v) is 9.53. The van der Waals surface area contributed by atoms with E-state index in [1.165, 1.54) is 16.3 Å². The van der Waals surface area contributed by atoms with Crippen LogP contribution in [0.3, 0.4) is 0 Å². The molecule has 0 radical (unpaired) electrons. The fraction of sp³-hybridized carbons (Fsp3) is 0.133. The molecule has 2 rings (SSSR count). The Hall–Kier alpha value is -1.89. The van der Waals surface area contributed by atoms with E-state index < -0.39 is 0 Å². The summed E-state index contributed by atoms with van der Waals surface area (Å²) in [6.45, 7) is 3.64. The van der Waals surface area contributed by atoms with Gasteiger partial charge in [-0.2, -0.15) is 0 Å². The normalized spacial score (nSPS) is 11.1. The first-order chi connectivity index (χ1) is 7.65. The molecule has 0 N–H and O–H groups in total. The van der Waals surface area contributed by atoms with Crippen molar-refractivity contribution in [2.45, 2.75) is 13.8 Å². The van der Waals surface area contributed by atoms with Crippen LogP contribution in [0.4, 0.5) is 0 Å². The zero-order chi connectivity index (χ0) is 11.5. The monoisotopic (exact) mass is 210 g/mol. The predicted octanol–water partition coefficient (Wildman–Crippen LogP) is 3.75. The minimum atomic E-state index is 0.0732. The van der Waals surface area contributed by atoms with E-state index in [1.54, 1.807) is 13.0 Å². The minimum Gasteiger partial charge on any atom is -0.295 e. The molecule has 1 heteroatoms. The Bertz CT molecular complexity index is 565. The summed E-state index contributed by atoms with van der Waals surface area (Å²) in [5, 5.41) is 2.44. The SMILES string of the molecule is CC(=O)C=Cc1ccc2cc(C)ccc2c1. The number of carbonyl (C=O) groups excluding carboxylic acids is 1. The minimum absolute atomic E-state index is 0.0732. The smallest absolute Gasteiger partial charge is 0.152 e. The summed E-state index contributed by atoms with van der Waals surface area (Å²) in [6, 6.07) is 12.6. The number of hydrogen-bond donors (Lipinski definition) is 0. The van der Waals surface area contributed by atoms with Gasteiger partial charge in [0.2, 0.25) is 0 Å². The van der Waals surface area contributed by atoms with Gasteiger partial charge in [-0.25, -0.2) is 0 Å². The van der Waals surface area contributed by atoms with Gasteiger partial charge in [-0.3, -0.25) is 4.79 Å². The lowest BCUT2D eigenvalue weighted by molar-refractivity contribution is -0.112. The summed E-state index contributed by atoms with van der Waals surface area (Å²) in [7, 11) is 0. The first-order valence-electron chi connectivity index (χ1n) is 5.34. The highest BCUT2D eigenvalue weighted by molar-refractivity contribution is 5.92. The van der Waals surface area contributed by atoms with Crippen LogP contribution in [0.5, 0.6) is 0 Å². The maximum atomic E-state index is 10.8. The molecule has 16 heavy (non-hydrogen) atoms. The van der Waals surface area contributed by atoms with Crippen molar-refractivity contribution >= 4 is 22.6 Å². The number of fused-ring (bicyclic) bond motifs is 1. The maximum absolute atomic E-state index is 10.8. The number of carbonyl (C=O) groups is 1. The summed E-state index contributed by atoms with van der Waals surface area (Å²) in [5.74, 6) is 0.0732. The van der Waals surface area contributed by atoms with Gasteiger partial charge in [-0.05, 0) is 42.3 Å². The standard InChI is InChI=1S/C15H14O/c1-11-3-7-15-10-13(5-4-12(2)16)6-8-14(15)9-11/h3-10H,1-2H3. The Morgan fingerprint density at radius 2 is 1.75 bits per heavy atom. The summed E-state index contributed by atoms with van der Waals surface area (Å²) < 4.78 is 0. The summed E-state index contributed by atoms with van der Waals surface area (Å²) >= 11 is 0. The van der Waals surface area contributed by atoms with E-state index in [0.29, 0.717) is 0 Å². The van der Waals surface area contributed by atoms with Crippen molar-refractivity contribution in [2.75, 3.05) is 0 Å². The topological polar surface area (TPSA) is 17.1 Å². The van der Waals surface area contributed by atoms with Gasteiger partial charge in [0.1, 0.15) is 0 Å². The van der Waals surface area contributed by atoms with E-state index in [2.05, 4.69) is 37.3 Å². The molecule has 0 fully saturated rings. The van der Waals surface area contributed by atoms with Crippen LogP contribution in [0.2, 0.25) is 0 Å². The molecule has 0 aliphatic carbocycles. The van der Waals surface area contributed by atoms with Crippen molar-refractivity contribution in [2.24, 2.45) is 0 Å². The zero-order valence-electron chi connectivity index (χ0n) is 9.53. The summed E-state index contributed by atoms with van der Waals surface area (Å²) in [4.78, 5) is 10.8. The van der Waals surface area contributed by atoms with Crippen LogP contribution in [-0.4, -0.2) is 5.78 Å². The van der Waals surface area contributed by atoms with Crippen LogP contribution in [0.1, 0.15) is 18.1 Å². The summed E-state index contributed by atoms with van der Waals surface area (Å²) in [5.41, 5.74) is 2.33. The second kappa shape index (κ2) is 4.31. The Morgan fingerprint density at radius 1 is 1.06 bits per heavy atom. The van der Waals surface area contributed by atoms with Crippen LogP contribution in [0, 0.1) is 6.92 Å². The van der Waals surface area contributed by atoms with Gasteiger partial charge in [0, 0.05) is 0 Å². The number of hydrogen-bond acceptors (Lipinski definition) is 1. The molecule has 0 atom stereocenters. The molecule has 2 aromatic rings. The van der Waals surface area contributed by atoms with E-state index >= 15 is 0 Å². The van der Waals surface area contributed by atoms with Crippen molar-refractivity contribution in [3.05, 3.63) is 53.6 Å². The molecule has 0 saturated heterocycles. The van der Waals surface area contributed by atoms with Crippen molar-refractivity contribution in [3.63, 3.8) is 0 Å². The van der Waals surface area contributed by atoms with E-state index in [1.807, 2.05) is 12.1 Å². The Balaban J connectivity index is 2.44. The molecule has 0 aliphatic rings. The van der Waals surface area contributed by atoms with E-state index in [9.17, 15) is 4.79 Å². The van der Waals surface area contributed by atoms with Crippen LogP contribution >= 0.6 is 0 Å². The van der Waals surface area contributed by atoms with E-state index in [0.717, 1.165) is 5.56 Å². The molecular weight excluding hydrogens is 196 g/mol. The number of benzene rings is 2. The van der Waals surface area contributed by atoms with Gasteiger partial charge < -0.3 is 0 Å². The van der Waals surface area contributed by atoms with Gasteiger partial charge in [0.25, 0.3) is 0 Å². The van der Waals surface area contributed by atoms with Gasteiger partial charge in [0.15, 0.2) is 5.78 Å². The highest BCUT2D eigenvalue weighted by Crippen LogP contribution is 2.18. The third-order valence-corrected chi connectivity index (χ3v) is 2.53. The fourth-order valence-electron chi connectivity index (χ4n) is 1.70. The first kappa shape index (κ1) is 10.6. The van der Waals surface area contributed by atoms with Gasteiger partial charge >= 0.3 is 0 Å². The summed E-state index contributed by atoms with van der Waals surface area (Å²) in [6.07, 6.45) is 3.44. The Labute approximate surface area is 95.4 Å². The molecular formula is C15H14O. The van der Waals surface area contributed by atoms with Crippen molar-refractivity contribution < 1.29 is 4.79 Å². The number of ketones is 1. The van der Waals surface area contributed by atoms with Crippen molar-refractivity contribution in [1.29, 1.82) is 0 Å². The van der Waals surface area contributed by atoms with Gasteiger partial charge in [0.05, 0.1) is 0 Å². The van der Waals surface area contributed by atoms with Crippen LogP contribution in [0.25, 0.3) is 16.8 Å². The molecule has 1 nitrogen and oxygen atoms in total. The lowest BCUT2D eigenvalue weighted by Crippen LogP contribution is -1.81. The number of aryl methyl sites for hydroxylation is 1. The largest absolute Gasteiger partial charge is 0.295 e. The molecule has 0 spiro atoms. The predicted molar refractivity (Wildman–Crippen MR) is 68.4 cm³/mol. The molecule has 0 heterocycles. The van der Waals surface area contributed by atoms with Crippen molar-refractivity contribution in [1.82, 2.24) is 0 Å². The van der Waals surface area contributed by atoms with E-state index in [-0.39, 0.29) is 5.78 Å². The highest BCUT2D eigenvalue weighted by atomic mass is 16.1. The van der Waals surface area contributed by atoms with Crippen molar-refractivity contribution in [3.8, 4) is 0 Å². The molecule has 2 aromatic carbocycles. The number of rotatable bonds is 2. The second-order valence-electron chi connectivity index (χ2n) is 4.05. The average molecular weight is 210 g/mol. The third-order valence-electron chi connectivity index (χ3n) is 2.53. The molecule has 0 bridgehead atoms. The molecule has 0 aliphatic heterocycles. The Kier molecular flexibility index (Phi) is 2.86. The lowest BCUT2D eigenvalue weighted by atomic mass is 10.0. The molecule has 0 amide bonds. The van der Waals surface area contributed by atoms with Crippen LogP contribution in [0.15, 0.2) is 42.5 Å². The van der Waals surface area contributed by atoms with Gasteiger partial charge in [-0.1, -0.05) is 42.0 Å². The third kappa shape index (κ3) is 2.37. The lowest BCUT2D eigenvalue weighted by Gasteiger charge is -2.00. The average Bonchev–Trinajstić information content (AvgIpc) is 2.26. The fourth-order valence-corrected chi connectivity index (χ4v) is 1.70. The highest BCUT2D eigenvalue weighted by Gasteiger charge is 1.95. The van der Waals surface area contributed by atoms with Gasteiger partial charge in [-0.15, -0.1) is 0 Å². The quantitative estimate of drug-likeness (QED) is 0.690. The maximum Gasteiger partial charge on any atom is 0.152 e. The number of allylic oxidation sites excluding steroid dienone is 1. The first-order valence-corrected chi connectivity index (χ1v) is 5.34. The van der Waals surface area contributed by atoms with Crippen LogP contribution in [-0.2, 0) is 4.79 Å².